The number of carbonyl (C=O) groups is 1. The summed E-state index contributed by atoms with van der Waals surface area (Å²) in [5.41, 5.74) is 1.74. The second-order valence-corrected chi connectivity index (χ2v) is 4.04. The quantitative estimate of drug-likeness (QED) is 0.670. The molecule has 72 valence electrons. The van der Waals surface area contributed by atoms with Crippen molar-refractivity contribution in [2.75, 3.05) is 7.11 Å². The van der Waals surface area contributed by atoms with Gasteiger partial charge in [-0.25, -0.2) is 4.79 Å². The van der Waals surface area contributed by atoms with Gasteiger partial charge in [-0.05, 0) is 41.5 Å². The topological polar surface area (TPSA) is 26.3 Å². The van der Waals surface area contributed by atoms with Crippen LogP contribution in [0.3, 0.4) is 0 Å². The van der Waals surface area contributed by atoms with Crippen molar-refractivity contribution in [2.24, 2.45) is 0 Å². The van der Waals surface area contributed by atoms with Gasteiger partial charge in [-0.2, -0.15) is 0 Å². The van der Waals surface area contributed by atoms with E-state index in [-0.39, 0.29) is 5.97 Å². The molecule has 2 rings (SSSR count). The lowest BCUT2D eigenvalue weighted by molar-refractivity contribution is 0.0601. The highest BCUT2D eigenvalue weighted by atomic mass is 32.1. The van der Waals surface area contributed by atoms with Crippen molar-refractivity contribution in [3.8, 4) is 0 Å². The van der Waals surface area contributed by atoms with Gasteiger partial charge < -0.3 is 4.74 Å². The molecule has 1 heterocycles. The van der Waals surface area contributed by atoms with E-state index in [1.165, 1.54) is 11.8 Å². The van der Waals surface area contributed by atoms with E-state index in [0.717, 1.165) is 10.9 Å². The van der Waals surface area contributed by atoms with Crippen molar-refractivity contribution in [3.63, 3.8) is 0 Å². The van der Waals surface area contributed by atoms with E-state index in [1.807, 2.05) is 30.5 Å². The van der Waals surface area contributed by atoms with Crippen LogP contribution in [-0.4, -0.2) is 13.1 Å². The Morgan fingerprint density at radius 2 is 2.21 bits per heavy atom. The Balaban J connectivity index is 2.64. The first kappa shape index (κ1) is 9.21. The smallest absolute Gasteiger partial charge is 0.337 e. The maximum Gasteiger partial charge on any atom is 0.337 e. The lowest BCUT2D eigenvalue weighted by Crippen LogP contribution is -2.00. The van der Waals surface area contributed by atoms with Crippen molar-refractivity contribution in [3.05, 3.63) is 34.7 Å². The van der Waals surface area contributed by atoms with Crippen molar-refractivity contribution >= 4 is 27.4 Å². The minimum absolute atomic E-state index is 0.277. The molecule has 0 saturated carbocycles. The molecule has 2 nitrogen and oxygen atoms in total. The first-order valence-electron chi connectivity index (χ1n) is 4.28. The molecule has 0 bridgehead atoms. The van der Waals surface area contributed by atoms with Crippen LogP contribution in [0.1, 0.15) is 15.9 Å². The van der Waals surface area contributed by atoms with Crippen LogP contribution in [0.2, 0.25) is 0 Å². The average molecular weight is 206 g/mol. The molecule has 0 aliphatic heterocycles. The molecule has 0 unspecified atom stereocenters. The molecule has 14 heavy (non-hydrogen) atoms. The third kappa shape index (κ3) is 1.40. The highest BCUT2D eigenvalue weighted by Crippen LogP contribution is 2.26. The molecule has 0 radical (unpaired) electrons. The van der Waals surface area contributed by atoms with Gasteiger partial charge in [-0.3, -0.25) is 0 Å². The zero-order valence-corrected chi connectivity index (χ0v) is 8.85. The molecule has 1 aromatic heterocycles. The standard InChI is InChI=1S/C11H10O2S/c1-7-5-9(11(12)13-2)6-8-3-4-14-10(7)8/h3-6H,1-2H3. The molecule has 0 saturated heterocycles. The molecular formula is C11H10O2S. The number of ether oxygens (including phenoxy) is 1. The minimum Gasteiger partial charge on any atom is -0.465 e. The summed E-state index contributed by atoms with van der Waals surface area (Å²) in [6.45, 7) is 2.01. The fraction of sp³-hybridized carbons (Fsp3) is 0.182. The first-order chi connectivity index (χ1) is 6.72. The number of thiophene rings is 1. The summed E-state index contributed by atoms with van der Waals surface area (Å²) in [4.78, 5) is 11.3. The molecule has 2 aromatic rings. The third-order valence-corrected chi connectivity index (χ3v) is 3.22. The van der Waals surface area contributed by atoms with Crippen LogP contribution in [0.25, 0.3) is 10.1 Å². The van der Waals surface area contributed by atoms with Gasteiger partial charge in [0.2, 0.25) is 0 Å². The average Bonchev–Trinajstić information content (AvgIpc) is 2.64. The number of benzene rings is 1. The Labute approximate surface area is 86.1 Å². The predicted molar refractivity (Wildman–Crippen MR) is 57.9 cm³/mol. The van der Waals surface area contributed by atoms with Gasteiger partial charge in [0.25, 0.3) is 0 Å². The van der Waals surface area contributed by atoms with E-state index < -0.39 is 0 Å². The fourth-order valence-electron chi connectivity index (χ4n) is 1.50. The molecular weight excluding hydrogens is 196 g/mol. The van der Waals surface area contributed by atoms with Crippen LogP contribution in [0.4, 0.5) is 0 Å². The van der Waals surface area contributed by atoms with Crippen molar-refractivity contribution < 1.29 is 9.53 Å². The molecule has 0 aliphatic carbocycles. The summed E-state index contributed by atoms with van der Waals surface area (Å²) in [6.07, 6.45) is 0. The van der Waals surface area contributed by atoms with Crippen molar-refractivity contribution in [2.45, 2.75) is 6.92 Å². The van der Waals surface area contributed by atoms with Crippen LogP contribution >= 0.6 is 11.3 Å². The summed E-state index contributed by atoms with van der Waals surface area (Å²) in [5.74, 6) is -0.277. The highest BCUT2D eigenvalue weighted by molar-refractivity contribution is 7.17. The zero-order chi connectivity index (χ0) is 10.1. The van der Waals surface area contributed by atoms with Gasteiger partial charge in [0.1, 0.15) is 0 Å². The van der Waals surface area contributed by atoms with Gasteiger partial charge >= 0.3 is 5.97 Å². The Kier molecular flexibility index (Phi) is 2.25. The highest BCUT2D eigenvalue weighted by Gasteiger charge is 2.08. The fourth-order valence-corrected chi connectivity index (χ4v) is 2.36. The maximum absolute atomic E-state index is 11.3. The van der Waals surface area contributed by atoms with Crippen LogP contribution < -0.4 is 0 Å². The number of rotatable bonds is 1. The van der Waals surface area contributed by atoms with Crippen LogP contribution in [0.15, 0.2) is 23.6 Å². The van der Waals surface area contributed by atoms with E-state index in [0.29, 0.717) is 5.56 Å². The van der Waals surface area contributed by atoms with Crippen molar-refractivity contribution in [1.29, 1.82) is 0 Å². The number of aryl methyl sites for hydroxylation is 1. The molecule has 0 amide bonds. The monoisotopic (exact) mass is 206 g/mol. The Hall–Kier alpha value is -1.35. The molecule has 3 heteroatoms. The molecule has 0 N–H and O–H groups in total. The van der Waals surface area contributed by atoms with Crippen LogP contribution in [0.5, 0.6) is 0 Å². The largest absolute Gasteiger partial charge is 0.465 e. The summed E-state index contributed by atoms with van der Waals surface area (Å²) in [7, 11) is 1.40. The molecule has 0 atom stereocenters. The Morgan fingerprint density at radius 1 is 1.43 bits per heavy atom. The number of methoxy groups -OCH3 is 1. The van der Waals surface area contributed by atoms with Crippen LogP contribution in [-0.2, 0) is 4.74 Å². The molecule has 0 fully saturated rings. The number of hydrogen-bond donors (Lipinski definition) is 0. The number of fused-ring (bicyclic) bond motifs is 1. The minimum atomic E-state index is -0.277. The second-order valence-electron chi connectivity index (χ2n) is 3.12. The van der Waals surface area contributed by atoms with Gasteiger partial charge in [0.15, 0.2) is 0 Å². The summed E-state index contributed by atoms with van der Waals surface area (Å²) < 4.78 is 5.92. The van der Waals surface area contributed by atoms with Gasteiger partial charge in [-0.1, -0.05) is 0 Å². The van der Waals surface area contributed by atoms with E-state index >= 15 is 0 Å². The zero-order valence-electron chi connectivity index (χ0n) is 8.03. The SMILES string of the molecule is COC(=O)c1cc(C)c2sccc2c1. The number of carbonyl (C=O) groups excluding carboxylic acids is 1. The summed E-state index contributed by atoms with van der Waals surface area (Å²) in [5, 5.41) is 3.13. The van der Waals surface area contributed by atoms with E-state index in [2.05, 4.69) is 4.74 Å². The lowest BCUT2D eigenvalue weighted by atomic mass is 10.1. The first-order valence-corrected chi connectivity index (χ1v) is 5.16. The van der Waals surface area contributed by atoms with Gasteiger partial charge in [0.05, 0.1) is 12.7 Å². The van der Waals surface area contributed by atoms with E-state index in [4.69, 9.17) is 0 Å². The number of esters is 1. The van der Waals surface area contributed by atoms with Crippen molar-refractivity contribution in [1.82, 2.24) is 0 Å². The van der Waals surface area contributed by atoms with Gasteiger partial charge in [-0.15, -0.1) is 11.3 Å². The predicted octanol–water partition coefficient (Wildman–Crippen LogP) is 3.00. The molecule has 0 aliphatic rings. The molecule has 1 aromatic carbocycles. The van der Waals surface area contributed by atoms with Crippen LogP contribution in [0, 0.1) is 6.92 Å². The summed E-state index contributed by atoms with van der Waals surface area (Å²) in [6, 6.07) is 5.74. The normalized spacial score (nSPS) is 10.4. The maximum atomic E-state index is 11.3. The van der Waals surface area contributed by atoms with E-state index in [1.54, 1.807) is 11.3 Å². The van der Waals surface area contributed by atoms with E-state index in [9.17, 15) is 4.79 Å². The Bertz CT molecular complexity index is 485. The summed E-state index contributed by atoms with van der Waals surface area (Å²) >= 11 is 1.69. The van der Waals surface area contributed by atoms with Gasteiger partial charge in [0, 0.05) is 4.70 Å². The Morgan fingerprint density at radius 3 is 2.93 bits per heavy atom. The number of hydrogen-bond acceptors (Lipinski definition) is 3. The second kappa shape index (κ2) is 3.42. The molecule has 0 spiro atoms. The third-order valence-electron chi connectivity index (χ3n) is 2.16. The lowest BCUT2D eigenvalue weighted by Gasteiger charge is -2.01.